The molecular weight excluding hydrogens is 252 g/mol. The van der Waals surface area contributed by atoms with Crippen LogP contribution in [0.25, 0.3) is 0 Å². The van der Waals surface area contributed by atoms with Crippen LogP contribution >= 0.6 is 23.1 Å². The Bertz CT molecular complexity index is 378. The zero-order chi connectivity index (χ0) is 12.1. The van der Waals surface area contributed by atoms with Gasteiger partial charge in [-0.3, -0.25) is 4.79 Å². The molecule has 0 bridgehead atoms. The van der Waals surface area contributed by atoms with E-state index < -0.39 is 0 Å². The number of fused-ring (bicyclic) bond motifs is 1. The molecule has 0 aliphatic carbocycles. The van der Waals surface area contributed by atoms with E-state index in [-0.39, 0.29) is 5.91 Å². The van der Waals surface area contributed by atoms with Crippen LogP contribution in [0, 0.1) is 0 Å². The van der Waals surface area contributed by atoms with E-state index in [1.165, 1.54) is 10.4 Å². The maximum absolute atomic E-state index is 12.0. The number of carbonyl (C=O) groups excluding carboxylic acids is 1. The molecule has 1 aliphatic rings. The SMILES string of the molecule is CSCCNCC(=O)N1CCc2sccc2C1. The van der Waals surface area contributed by atoms with Crippen LogP contribution in [-0.2, 0) is 17.8 Å². The molecule has 0 saturated heterocycles. The smallest absolute Gasteiger partial charge is 0.236 e. The van der Waals surface area contributed by atoms with Crippen molar-refractivity contribution in [2.75, 3.05) is 31.6 Å². The van der Waals surface area contributed by atoms with Crippen LogP contribution < -0.4 is 5.32 Å². The first-order valence-corrected chi connectivity index (χ1v) is 8.11. The molecule has 0 atom stereocenters. The van der Waals surface area contributed by atoms with Gasteiger partial charge in [-0.15, -0.1) is 11.3 Å². The van der Waals surface area contributed by atoms with Crippen molar-refractivity contribution in [2.45, 2.75) is 13.0 Å². The Morgan fingerprint density at radius 2 is 2.53 bits per heavy atom. The second kappa shape index (κ2) is 6.42. The predicted octanol–water partition coefficient (Wildman–Crippen LogP) is 1.59. The van der Waals surface area contributed by atoms with Gasteiger partial charge in [0.1, 0.15) is 0 Å². The van der Waals surface area contributed by atoms with Crippen LogP contribution in [0.15, 0.2) is 11.4 Å². The topological polar surface area (TPSA) is 32.3 Å². The lowest BCUT2D eigenvalue weighted by Crippen LogP contribution is -2.41. The molecule has 1 amide bonds. The molecule has 5 heteroatoms. The van der Waals surface area contributed by atoms with Gasteiger partial charge in [0.15, 0.2) is 0 Å². The van der Waals surface area contributed by atoms with Crippen molar-refractivity contribution < 1.29 is 4.79 Å². The van der Waals surface area contributed by atoms with E-state index in [0.717, 1.165) is 31.8 Å². The molecule has 2 rings (SSSR count). The molecule has 0 saturated carbocycles. The molecule has 2 heterocycles. The number of carbonyl (C=O) groups is 1. The van der Waals surface area contributed by atoms with E-state index in [0.29, 0.717) is 6.54 Å². The summed E-state index contributed by atoms with van der Waals surface area (Å²) in [4.78, 5) is 15.4. The molecular formula is C12H18N2OS2. The fourth-order valence-electron chi connectivity index (χ4n) is 1.94. The largest absolute Gasteiger partial charge is 0.337 e. The third-order valence-corrected chi connectivity index (χ3v) is 4.55. The van der Waals surface area contributed by atoms with Crippen molar-refractivity contribution in [1.82, 2.24) is 10.2 Å². The Morgan fingerprint density at radius 3 is 3.35 bits per heavy atom. The summed E-state index contributed by atoms with van der Waals surface area (Å²) >= 11 is 3.60. The third kappa shape index (κ3) is 3.47. The average Bonchev–Trinajstić information content (AvgIpc) is 2.81. The summed E-state index contributed by atoms with van der Waals surface area (Å²) in [6.07, 6.45) is 3.09. The first kappa shape index (κ1) is 12.9. The minimum Gasteiger partial charge on any atom is -0.337 e. The van der Waals surface area contributed by atoms with E-state index in [9.17, 15) is 4.79 Å². The summed E-state index contributed by atoms with van der Waals surface area (Å²) in [5.74, 6) is 1.28. The lowest BCUT2D eigenvalue weighted by Gasteiger charge is -2.27. The number of amides is 1. The fraction of sp³-hybridized carbons (Fsp3) is 0.583. The number of thiophene rings is 1. The molecule has 0 aromatic carbocycles. The molecule has 94 valence electrons. The number of hydrogen-bond acceptors (Lipinski definition) is 4. The summed E-state index contributed by atoms with van der Waals surface area (Å²) in [6.45, 7) is 3.04. The zero-order valence-electron chi connectivity index (χ0n) is 10.1. The van der Waals surface area contributed by atoms with Crippen LogP contribution in [0.5, 0.6) is 0 Å². The maximum atomic E-state index is 12.0. The average molecular weight is 270 g/mol. The second-order valence-electron chi connectivity index (χ2n) is 4.10. The number of nitrogens with one attached hydrogen (secondary N) is 1. The monoisotopic (exact) mass is 270 g/mol. The molecule has 0 unspecified atom stereocenters. The van der Waals surface area contributed by atoms with E-state index in [4.69, 9.17) is 0 Å². The van der Waals surface area contributed by atoms with Gasteiger partial charge in [-0.1, -0.05) is 0 Å². The molecule has 1 aromatic rings. The first-order valence-electron chi connectivity index (χ1n) is 5.84. The van der Waals surface area contributed by atoms with Crippen LogP contribution in [-0.4, -0.2) is 42.4 Å². The molecule has 17 heavy (non-hydrogen) atoms. The minimum atomic E-state index is 0.225. The minimum absolute atomic E-state index is 0.225. The summed E-state index contributed by atoms with van der Waals surface area (Å²) in [5, 5.41) is 5.31. The molecule has 0 radical (unpaired) electrons. The van der Waals surface area contributed by atoms with Crippen molar-refractivity contribution in [1.29, 1.82) is 0 Å². The lowest BCUT2D eigenvalue weighted by atomic mass is 10.1. The van der Waals surface area contributed by atoms with Crippen LogP contribution in [0.3, 0.4) is 0 Å². The van der Waals surface area contributed by atoms with Gasteiger partial charge in [0.2, 0.25) is 5.91 Å². The van der Waals surface area contributed by atoms with Gasteiger partial charge in [0, 0.05) is 30.3 Å². The van der Waals surface area contributed by atoms with Crippen molar-refractivity contribution >= 4 is 29.0 Å². The van der Waals surface area contributed by atoms with Gasteiger partial charge in [0.05, 0.1) is 6.54 Å². The summed E-state index contributed by atoms with van der Waals surface area (Å²) in [6, 6.07) is 2.14. The van der Waals surface area contributed by atoms with Crippen LogP contribution in [0.2, 0.25) is 0 Å². The highest BCUT2D eigenvalue weighted by Crippen LogP contribution is 2.23. The Labute approximate surface area is 111 Å². The van der Waals surface area contributed by atoms with Crippen molar-refractivity contribution in [3.05, 3.63) is 21.9 Å². The quantitative estimate of drug-likeness (QED) is 0.825. The molecule has 3 nitrogen and oxygen atoms in total. The highest BCUT2D eigenvalue weighted by Gasteiger charge is 2.20. The number of hydrogen-bond donors (Lipinski definition) is 1. The predicted molar refractivity (Wildman–Crippen MR) is 74.7 cm³/mol. The Kier molecular flexibility index (Phi) is 4.88. The zero-order valence-corrected chi connectivity index (χ0v) is 11.7. The summed E-state index contributed by atoms with van der Waals surface area (Å²) in [5.41, 5.74) is 1.33. The Hall–Kier alpha value is -0.520. The van der Waals surface area contributed by atoms with Gasteiger partial charge in [0.25, 0.3) is 0 Å². The molecule has 1 aliphatic heterocycles. The fourth-order valence-corrected chi connectivity index (χ4v) is 3.18. The number of nitrogens with zero attached hydrogens (tertiary/aromatic N) is 1. The highest BCUT2D eigenvalue weighted by atomic mass is 32.2. The summed E-state index contributed by atoms with van der Waals surface area (Å²) < 4.78 is 0. The van der Waals surface area contributed by atoms with E-state index >= 15 is 0 Å². The number of rotatable bonds is 5. The van der Waals surface area contributed by atoms with Gasteiger partial charge >= 0.3 is 0 Å². The first-order chi connectivity index (χ1) is 8.31. The molecule has 1 aromatic heterocycles. The van der Waals surface area contributed by atoms with Gasteiger partial charge < -0.3 is 10.2 Å². The van der Waals surface area contributed by atoms with E-state index in [1.54, 1.807) is 11.8 Å². The molecule has 0 spiro atoms. The lowest BCUT2D eigenvalue weighted by molar-refractivity contribution is -0.131. The van der Waals surface area contributed by atoms with Crippen LogP contribution in [0.4, 0.5) is 0 Å². The third-order valence-electron chi connectivity index (χ3n) is 2.92. The highest BCUT2D eigenvalue weighted by molar-refractivity contribution is 7.98. The maximum Gasteiger partial charge on any atom is 0.236 e. The van der Waals surface area contributed by atoms with Crippen molar-refractivity contribution in [3.63, 3.8) is 0 Å². The van der Waals surface area contributed by atoms with Crippen LogP contribution in [0.1, 0.15) is 10.4 Å². The number of thioether (sulfide) groups is 1. The Balaban J connectivity index is 1.78. The second-order valence-corrected chi connectivity index (χ2v) is 6.09. The van der Waals surface area contributed by atoms with Crippen molar-refractivity contribution in [2.24, 2.45) is 0 Å². The molecule has 0 fully saturated rings. The van der Waals surface area contributed by atoms with E-state index in [2.05, 4.69) is 23.0 Å². The van der Waals surface area contributed by atoms with E-state index in [1.807, 2.05) is 16.2 Å². The normalized spacial score (nSPS) is 14.8. The van der Waals surface area contributed by atoms with Gasteiger partial charge in [-0.2, -0.15) is 11.8 Å². The van der Waals surface area contributed by atoms with Gasteiger partial charge in [-0.25, -0.2) is 0 Å². The molecule has 1 N–H and O–H groups in total. The summed E-state index contributed by atoms with van der Waals surface area (Å²) in [7, 11) is 0. The van der Waals surface area contributed by atoms with Gasteiger partial charge in [-0.05, 0) is 29.7 Å². The Morgan fingerprint density at radius 1 is 1.65 bits per heavy atom. The standard InChI is InChI=1S/C12H18N2OS2/c1-16-7-4-13-8-12(15)14-5-2-11-10(9-14)3-6-17-11/h3,6,13H,2,4-5,7-9H2,1H3. The van der Waals surface area contributed by atoms with Crippen molar-refractivity contribution in [3.8, 4) is 0 Å².